The van der Waals surface area contributed by atoms with Gasteiger partial charge in [-0.05, 0) is 24.1 Å². The van der Waals surface area contributed by atoms with E-state index in [4.69, 9.17) is 30.4 Å². The van der Waals surface area contributed by atoms with Crippen LogP contribution in [0.3, 0.4) is 0 Å². The lowest BCUT2D eigenvalue weighted by atomic mass is 9.84. The summed E-state index contributed by atoms with van der Waals surface area (Å²) in [5, 5.41) is 0. The van der Waals surface area contributed by atoms with Crippen molar-refractivity contribution in [2.24, 2.45) is 11.5 Å². The van der Waals surface area contributed by atoms with Crippen LogP contribution in [0.15, 0.2) is 18.2 Å². The Morgan fingerprint density at radius 2 is 2.10 bits per heavy atom. The van der Waals surface area contributed by atoms with E-state index >= 15 is 0 Å². The minimum atomic E-state index is -0.472. The molecule has 0 spiro atoms. The molecular weight excluding hydrogens is 260 g/mol. The molecule has 1 aromatic carbocycles. The Morgan fingerprint density at radius 1 is 1.30 bits per heavy atom. The third-order valence-corrected chi connectivity index (χ3v) is 3.92. The number of hydrogen-bond donors (Lipinski definition) is 2. The van der Waals surface area contributed by atoms with E-state index in [2.05, 4.69) is 0 Å². The first-order valence-electron chi connectivity index (χ1n) is 6.70. The largest absolute Gasteiger partial charge is 0.454 e. The lowest BCUT2D eigenvalue weighted by Crippen LogP contribution is -2.54. The van der Waals surface area contributed by atoms with Crippen LogP contribution >= 0.6 is 0 Å². The minimum Gasteiger partial charge on any atom is -0.454 e. The molecule has 0 saturated carbocycles. The van der Waals surface area contributed by atoms with Crippen molar-refractivity contribution < 1.29 is 18.9 Å². The van der Waals surface area contributed by atoms with Gasteiger partial charge in [-0.2, -0.15) is 0 Å². The molecule has 1 fully saturated rings. The Bertz CT molecular complexity index is 496. The van der Waals surface area contributed by atoms with Crippen molar-refractivity contribution in [2.45, 2.75) is 30.8 Å². The van der Waals surface area contributed by atoms with Crippen molar-refractivity contribution in [3.05, 3.63) is 23.8 Å². The predicted molar refractivity (Wildman–Crippen MR) is 72.4 cm³/mol. The number of ether oxygens (including phenoxy) is 4. The summed E-state index contributed by atoms with van der Waals surface area (Å²) in [4.78, 5) is 0. The molecule has 2 aliphatic rings. The summed E-state index contributed by atoms with van der Waals surface area (Å²) in [7, 11) is 1.61. The van der Waals surface area contributed by atoms with Gasteiger partial charge in [0.25, 0.3) is 0 Å². The molecule has 1 aromatic rings. The lowest BCUT2D eigenvalue weighted by Gasteiger charge is -2.41. The molecule has 0 radical (unpaired) electrons. The van der Waals surface area contributed by atoms with E-state index in [1.54, 1.807) is 7.11 Å². The third kappa shape index (κ3) is 2.47. The normalized spacial score (nSPS) is 32.4. The van der Waals surface area contributed by atoms with Crippen LogP contribution in [-0.2, 0) is 9.47 Å². The Hall–Kier alpha value is -1.34. The van der Waals surface area contributed by atoms with Crippen LogP contribution in [0.2, 0.25) is 0 Å². The maximum Gasteiger partial charge on any atom is 0.231 e. The number of fused-ring (bicyclic) bond motifs is 1. The monoisotopic (exact) mass is 280 g/mol. The summed E-state index contributed by atoms with van der Waals surface area (Å²) in [6.07, 6.45) is 0.758. The highest BCUT2D eigenvalue weighted by Gasteiger charge is 2.38. The third-order valence-electron chi connectivity index (χ3n) is 3.92. The first-order chi connectivity index (χ1) is 9.63. The Kier molecular flexibility index (Phi) is 3.55. The topological polar surface area (TPSA) is 89.0 Å². The molecule has 3 atom stereocenters. The number of nitrogens with two attached hydrogens (primary N) is 2. The van der Waals surface area contributed by atoms with Crippen LogP contribution < -0.4 is 20.9 Å². The van der Waals surface area contributed by atoms with E-state index in [9.17, 15) is 0 Å². The quantitative estimate of drug-likeness (QED) is 0.855. The average Bonchev–Trinajstić information content (AvgIpc) is 2.94. The van der Waals surface area contributed by atoms with Gasteiger partial charge in [0.05, 0.1) is 6.10 Å². The first kappa shape index (κ1) is 13.6. The van der Waals surface area contributed by atoms with Crippen LogP contribution in [0, 0.1) is 0 Å². The molecule has 20 heavy (non-hydrogen) atoms. The van der Waals surface area contributed by atoms with Gasteiger partial charge in [-0.1, -0.05) is 6.07 Å². The van der Waals surface area contributed by atoms with Gasteiger partial charge >= 0.3 is 0 Å². The van der Waals surface area contributed by atoms with E-state index in [1.165, 1.54) is 0 Å². The maximum absolute atomic E-state index is 6.32. The second-order valence-electron chi connectivity index (χ2n) is 5.38. The average molecular weight is 280 g/mol. The summed E-state index contributed by atoms with van der Waals surface area (Å²) >= 11 is 0. The second-order valence-corrected chi connectivity index (χ2v) is 5.38. The molecular formula is C14H20N2O4. The van der Waals surface area contributed by atoms with Gasteiger partial charge in [0.15, 0.2) is 17.8 Å². The van der Waals surface area contributed by atoms with Gasteiger partial charge in [0, 0.05) is 25.6 Å². The SMILES string of the molecule is COC1CC(N)(CN)CC(c2ccc3c(c2)OCO3)O1. The van der Waals surface area contributed by atoms with Gasteiger partial charge in [0.1, 0.15) is 0 Å². The van der Waals surface area contributed by atoms with Crippen molar-refractivity contribution >= 4 is 0 Å². The van der Waals surface area contributed by atoms with E-state index in [-0.39, 0.29) is 19.2 Å². The van der Waals surface area contributed by atoms with Gasteiger partial charge in [-0.3, -0.25) is 0 Å². The standard InChI is InChI=1S/C14H20N2O4/c1-17-13-6-14(16,7-15)5-12(20-13)9-2-3-10-11(4-9)19-8-18-10/h2-4,12-13H,5-8,15-16H2,1H3. The molecule has 0 amide bonds. The Morgan fingerprint density at radius 3 is 2.85 bits per heavy atom. The summed E-state index contributed by atoms with van der Waals surface area (Å²) in [5.41, 5.74) is 12.7. The fourth-order valence-electron chi connectivity index (χ4n) is 2.68. The smallest absolute Gasteiger partial charge is 0.231 e. The molecule has 0 aromatic heterocycles. The van der Waals surface area contributed by atoms with Crippen molar-refractivity contribution in [1.29, 1.82) is 0 Å². The minimum absolute atomic E-state index is 0.156. The first-order valence-corrected chi connectivity index (χ1v) is 6.70. The van der Waals surface area contributed by atoms with Crippen LogP contribution in [-0.4, -0.2) is 32.3 Å². The summed E-state index contributed by atoms with van der Waals surface area (Å²) in [5.74, 6) is 1.49. The highest BCUT2D eigenvalue weighted by molar-refractivity contribution is 5.45. The summed E-state index contributed by atoms with van der Waals surface area (Å²) in [6.45, 7) is 0.659. The zero-order valence-electron chi connectivity index (χ0n) is 11.5. The van der Waals surface area contributed by atoms with Gasteiger partial charge in [-0.15, -0.1) is 0 Å². The van der Waals surface area contributed by atoms with Crippen LogP contribution in [0.5, 0.6) is 11.5 Å². The van der Waals surface area contributed by atoms with Crippen molar-refractivity contribution in [1.82, 2.24) is 0 Å². The predicted octanol–water partition coefficient (Wildman–Crippen LogP) is 0.896. The van der Waals surface area contributed by atoms with Crippen LogP contribution in [0.4, 0.5) is 0 Å². The molecule has 110 valence electrons. The van der Waals surface area contributed by atoms with Crippen LogP contribution in [0.1, 0.15) is 24.5 Å². The van der Waals surface area contributed by atoms with Gasteiger partial charge in [-0.25, -0.2) is 0 Å². The Labute approximate surface area is 117 Å². The fraction of sp³-hybridized carbons (Fsp3) is 0.571. The highest BCUT2D eigenvalue weighted by atomic mass is 16.7. The zero-order chi connectivity index (χ0) is 14.2. The fourth-order valence-corrected chi connectivity index (χ4v) is 2.68. The van der Waals surface area contributed by atoms with Gasteiger partial charge < -0.3 is 30.4 Å². The molecule has 3 unspecified atom stereocenters. The van der Waals surface area contributed by atoms with E-state index in [0.717, 1.165) is 17.1 Å². The van der Waals surface area contributed by atoms with E-state index in [1.807, 2.05) is 18.2 Å². The molecule has 2 aliphatic heterocycles. The molecule has 0 aliphatic carbocycles. The summed E-state index contributed by atoms with van der Waals surface area (Å²) in [6, 6.07) is 5.78. The molecule has 6 heteroatoms. The number of methoxy groups -OCH3 is 1. The molecule has 1 saturated heterocycles. The summed E-state index contributed by atoms with van der Waals surface area (Å²) < 4.78 is 22.0. The van der Waals surface area contributed by atoms with Crippen molar-refractivity contribution in [3.8, 4) is 11.5 Å². The molecule has 2 heterocycles. The van der Waals surface area contributed by atoms with Crippen molar-refractivity contribution in [2.75, 3.05) is 20.4 Å². The van der Waals surface area contributed by atoms with E-state index in [0.29, 0.717) is 19.4 Å². The second kappa shape index (κ2) is 5.21. The number of rotatable bonds is 3. The maximum atomic E-state index is 6.32. The van der Waals surface area contributed by atoms with Crippen molar-refractivity contribution in [3.63, 3.8) is 0 Å². The molecule has 6 nitrogen and oxygen atoms in total. The molecule has 4 N–H and O–H groups in total. The van der Waals surface area contributed by atoms with Gasteiger partial charge in [0.2, 0.25) is 6.79 Å². The van der Waals surface area contributed by atoms with Crippen LogP contribution in [0.25, 0.3) is 0 Å². The Balaban J connectivity index is 1.85. The van der Waals surface area contributed by atoms with E-state index < -0.39 is 5.54 Å². The zero-order valence-corrected chi connectivity index (χ0v) is 11.5. The molecule has 3 rings (SSSR count). The lowest BCUT2D eigenvalue weighted by molar-refractivity contribution is -0.198. The highest BCUT2D eigenvalue weighted by Crippen LogP contribution is 2.40. The number of hydrogen-bond acceptors (Lipinski definition) is 6. The number of benzene rings is 1. The molecule has 0 bridgehead atoms.